The van der Waals surface area contributed by atoms with E-state index in [1.807, 2.05) is 56.3 Å². The number of aliphatic hydroxyl groups is 1. The standard InChI is InChI=1S/C41H42N8O4/c1-23(22-50)43-19-28-17-35-37(44-20-28)39(46-26(4)45-35)47-34-10-6-8-32(25(34)3)31-7-5-9-33(24(31)2)40-48-36-16-27(15-30(18-42)38(36)53-40)21-49-13-11-29(12-14-49)41(51)52/h5-10,15-17,20,23,29,43,50H,11-14,19,21-22H2,1-4H3,(H,51,52)(H,45,46,47)/t23-/m0/s1. The highest BCUT2D eigenvalue weighted by Crippen LogP contribution is 2.38. The van der Waals surface area contributed by atoms with Crippen LogP contribution in [0.5, 0.6) is 0 Å². The molecule has 1 saturated heterocycles. The van der Waals surface area contributed by atoms with Crippen LogP contribution < -0.4 is 10.6 Å². The average molecular weight is 711 g/mol. The first-order valence-corrected chi connectivity index (χ1v) is 17.8. The van der Waals surface area contributed by atoms with Crippen LogP contribution in [0, 0.1) is 38.0 Å². The predicted molar refractivity (Wildman–Crippen MR) is 203 cm³/mol. The summed E-state index contributed by atoms with van der Waals surface area (Å²) in [6, 6.07) is 20.2. The first-order valence-electron chi connectivity index (χ1n) is 17.8. The van der Waals surface area contributed by atoms with Crippen molar-refractivity contribution in [1.82, 2.24) is 30.2 Å². The van der Waals surface area contributed by atoms with Crippen molar-refractivity contribution in [3.63, 3.8) is 0 Å². The van der Waals surface area contributed by atoms with Crippen LogP contribution in [0.4, 0.5) is 11.5 Å². The Kier molecular flexibility index (Phi) is 10.1. The van der Waals surface area contributed by atoms with E-state index in [-0.39, 0.29) is 18.6 Å². The van der Waals surface area contributed by atoms with E-state index in [0.717, 1.165) is 50.1 Å². The molecule has 0 radical (unpaired) electrons. The van der Waals surface area contributed by atoms with E-state index in [4.69, 9.17) is 19.4 Å². The number of anilines is 2. The summed E-state index contributed by atoms with van der Waals surface area (Å²) in [4.78, 5) is 32.6. The van der Waals surface area contributed by atoms with E-state index < -0.39 is 5.97 Å². The number of carbonyl (C=O) groups is 1. The third-order valence-electron chi connectivity index (χ3n) is 10.1. The molecule has 0 aliphatic carbocycles. The summed E-state index contributed by atoms with van der Waals surface area (Å²) in [5.74, 6) is 0.651. The van der Waals surface area contributed by atoms with Gasteiger partial charge >= 0.3 is 5.97 Å². The lowest BCUT2D eigenvalue weighted by Gasteiger charge is -2.30. The van der Waals surface area contributed by atoms with Crippen molar-refractivity contribution in [3.05, 3.63) is 94.4 Å². The highest BCUT2D eigenvalue weighted by Gasteiger charge is 2.25. The van der Waals surface area contributed by atoms with Crippen LogP contribution in [0.3, 0.4) is 0 Å². The number of piperidine rings is 1. The van der Waals surface area contributed by atoms with Crippen molar-refractivity contribution < 1.29 is 19.4 Å². The second kappa shape index (κ2) is 15.1. The molecule has 53 heavy (non-hydrogen) atoms. The number of oxazole rings is 1. The molecule has 1 fully saturated rings. The molecule has 3 aromatic heterocycles. The number of fused-ring (bicyclic) bond motifs is 2. The number of aromatic nitrogens is 4. The number of pyridine rings is 1. The number of carboxylic acids is 1. The molecule has 270 valence electrons. The van der Waals surface area contributed by atoms with Gasteiger partial charge in [-0.05, 0) is 117 Å². The van der Waals surface area contributed by atoms with Crippen LogP contribution >= 0.6 is 0 Å². The Bertz CT molecular complexity index is 2370. The summed E-state index contributed by atoms with van der Waals surface area (Å²) in [6.07, 6.45) is 3.04. The molecule has 0 spiro atoms. The second-order valence-electron chi connectivity index (χ2n) is 13.9. The largest absolute Gasteiger partial charge is 0.481 e. The molecule has 7 rings (SSSR count). The quantitative estimate of drug-likeness (QED) is 0.111. The maximum Gasteiger partial charge on any atom is 0.306 e. The number of nitrogens with one attached hydrogen (secondary N) is 2. The minimum absolute atomic E-state index is 0.0251. The number of likely N-dealkylation sites (tertiary alicyclic amines) is 1. The molecule has 4 N–H and O–H groups in total. The first kappa shape index (κ1) is 35.7. The zero-order valence-corrected chi connectivity index (χ0v) is 30.3. The Balaban J connectivity index is 1.17. The molecule has 1 aliphatic rings. The summed E-state index contributed by atoms with van der Waals surface area (Å²) in [6.45, 7) is 10.5. The number of aliphatic hydroxyl groups excluding tert-OH is 1. The maximum atomic E-state index is 11.4. The lowest BCUT2D eigenvalue weighted by molar-refractivity contribution is -0.143. The van der Waals surface area contributed by atoms with E-state index in [1.165, 1.54) is 0 Å². The van der Waals surface area contributed by atoms with E-state index in [0.29, 0.717) is 78.7 Å². The highest BCUT2D eigenvalue weighted by molar-refractivity contribution is 5.89. The molecule has 3 aromatic carbocycles. The molecule has 0 saturated carbocycles. The van der Waals surface area contributed by atoms with Gasteiger partial charge in [-0.1, -0.05) is 24.3 Å². The minimum Gasteiger partial charge on any atom is -0.481 e. The molecule has 4 heterocycles. The summed E-state index contributed by atoms with van der Waals surface area (Å²) in [5.41, 5.74) is 10.6. The number of hydrogen-bond donors (Lipinski definition) is 4. The van der Waals surface area contributed by atoms with Crippen molar-refractivity contribution >= 4 is 39.6 Å². The molecule has 12 heteroatoms. The number of nitriles is 1. The van der Waals surface area contributed by atoms with E-state index >= 15 is 0 Å². The highest BCUT2D eigenvalue weighted by atomic mass is 16.4. The number of aryl methyl sites for hydroxylation is 1. The Morgan fingerprint density at radius 2 is 1.70 bits per heavy atom. The molecule has 6 aromatic rings. The van der Waals surface area contributed by atoms with E-state index in [2.05, 4.69) is 52.6 Å². The predicted octanol–water partition coefficient (Wildman–Crippen LogP) is 6.81. The SMILES string of the molecule is Cc1nc(Nc2cccc(-c3cccc(-c4nc5cc(CN6CCC(C(=O)O)CC6)cc(C#N)c5o4)c3C)c2C)c2ncc(CN[C@@H](C)CO)cc2n1. The number of nitrogens with zero attached hydrogens (tertiary/aromatic N) is 6. The smallest absolute Gasteiger partial charge is 0.306 e. The number of aliphatic carboxylic acids is 1. The fourth-order valence-corrected chi connectivity index (χ4v) is 7.04. The Hall–Kier alpha value is -5.74. The van der Waals surface area contributed by atoms with Crippen LogP contribution in [0.1, 0.15) is 53.4 Å². The monoisotopic (exact) mass is 710 g/mol. The molecule has 1 atom stereocenters. The molecule has 0 bridgehead atoms. The van der Waals surface area contributed by atoms with Crippen LogP contribution in [0.25, 0.3) is 44.7 Å². The molecule has 12 nitrogen and oxygen atoms in total. The first-order chi connectivity index (χ1) is 25.6. The van der Waals surface area contributed by atoms with Gasteiger partial charge in [0.05, 0.1) is 23.6 Å². The van der Waals surface area contributed by atoms with Gasteiger partial charge in [0.25, 0.3) is 0 Å². The van der Waals surface area contributed by atoms with E-state index in [1.54, 1.807) is 6.20 Å². The fraction of sp³-hybridized carbons (Fsp3) is 0.317. The van der Waals surface area contributed by atoms with E-state index in [9.17, 15) is 20.3 Å². The normalized spacial score (nSPS) is 14.4. The van der Waals surface area contributed by atoms with Gasteiger partial charge in [-0.3, -0.25) is 14.7 Å². The Morgan fingerprint density at radius 3 is 2.43 bits per heavy atom. The third kappa shape index (κ3) is 7.45. The van der Waals surface area contributed by atoms with Crippen molar-refractivity contribution in [2.24, 2.45) is 5.92 Å². The molecule has 0 unspecified atom stereocenters. The Labute approximate surface area is 307 Å². The lowest BCUT2D eigenvalue weighted by atomic mass is 9.93. The van der Waals surface area contributed by atoms with Gasteiger partial charge in [0, 0.05) is 36.6 Å². The van der Waals surface area contributed by atoms with Crippen molar-refractivity contribution in [2.75, 3.05) is 25.0 Å². The summed E-state index contributed by atoms with van der Waals surface area (Å²) in [5, 5.41) is 35.6. The maximum absolute atomic E-state index is 11.4. The van der Waals surface area contributed by atoms with Crippen LogP contribution in [-0.4, -0.2) is 66.8 Å². The summed E-state index contributed by atoms with van der Waals surface area (Å²) >= 11 is 0. The van der Waals surface area contributed by atoms with Crippen molar-refractivity contribution in [3.8, 4) is 28.7 Å². The molecular weight excluding hydrogens is 669 g/mol. The van der Waals surface area contributed by atoms with Gasteiger partial charge in [0.1, 0.15) is 22.9 Å². The van der Waals surface area contributed by atoms with Gasteiger partial charge in [-0.15, -0.1) is 0 Å². The van der Waals surface area contributed by atoms with Gasteiger partial charge in [-0.2, -0.15) is 5.26 Å². The van der Waals surface area contributed by atoms with Crippen LogP contribution in [0.2, 0.25) is 0 Å². The van der Waals surface area contributed by atoms with Gasteiger partial charge in [0.2, 0.25) is 5.89 Å². The van der Waals surface area contributed by atoms with Gasteiger partial charge in [-0.25, -0.2) is 15.0 Å². The second-order valence-corrected chi connectivity index (χ2v) is 13.9. The van der Waals surface area contributed by atoms with Crippen LogP contribution in [0.15, 0.2) is 65.2 Å². The van der Waals surface area contributed by atoms with Gasteiger partial charge in [0.15, 0.2) is 11.4 Å². The molecular formula is C41H42N8O4. The summed E-state index contributed by atoms with van der Waals surface area (Å²) < 4.78 is 6.30. The number of rotatable bonds is 11. The van der Waals surface area contributed by atoms with Crippen LogP contribution in [-0.2, 0) is 17.9 Å². The number of carboxylic acid groups (broad SMARTS) is 1. The Morgan fingerprint density at radius 1 is 0.981 bits per heavy atom. The third-order valence-corrected chi connectivity index (χ3v) is 10.1. The molecule has 0 amide bonds. The lowest BCUT2D eigenvalue weighted by Crippen LogP contribution is -2.35. The zero-order valence-electron chi connectivity index (χ0n) is 30.3. The number of hydrogen-bond acceptors (Lipinski definition) is 11. The topological polar surface area (TPSA) is 173 Å². The minimum atomic E-state index is -0.732. The average Bonchev–Trinajstić information content (AvgIpc) is 3.58. The fourth-order valence-electron chi connectivity index (χ4n) is 7.04. The summed E-state index contributed by atoms with van der Waals surface area (Å²) in [7, 11) is 0. The zero-order chi connectivity index (χ0) is 37.2. The van der Waals surface area contributed by atoms with Crippen molar-refractivity contribution in [2.45, 2.75) is 59.7 Å². The van der Waals surface area contributed by atoms with Crippen molar-refractivity contribution in [1.29, 1.82) is 5.26 Å². The number of benzene rings is 3. The van der Waals surface area contributed by atoms with Gasteiger partial charge < -0.3 is 25.3 Å². The molecule has 1 aliphatic heterocycles.